The average molecular weight is 368 g/mol. The van der Waals surface area contributed by atoms with Crippen LogP contribution in [0.25, 0.3) is 0 Å². The summed E-state index contributed by atoms with van der Waals surface area (Å²) in [6.07, 6.45) is 1.06. The predicted octanol–water partition coefficient (Wildman–Crippen LogP) is 4.85. The highest BCUT2D eigenvalue weighted by atomic mass is 79.9. The highest BCUT2D eigenvalue weighted by Crippen LogP contribution is 2.30. The molecule has 2 aromatic rings. The van der Waals surface area contributed by atoms with Gasteiger partial charge in [-0.1, -0.05) is 71.7 Å². The Hall–Kier alpha value is -0.870. The molecule has 1 atom stereocenters. The molecule has 0 radical (unpaired) electrons. The molecule has 4 heteroatoms. The molecular formula is C17H20BrClN2. The summed E-state index contributed by atoms with van der Waals surface area (Å²) in [7, 11) is 0. The van der Waals surface area contributed by atoms with Gasteiger partial charge in [0.1, 0.15) is 0 Å². The van der Waals surface area contributed by atoms with Gasteiger partial charge in [-0.3, -0.25) is 5.84 Å². The first-order valence-corrected chi connectivity index (χ1v) is 8.18. The van der Waals surface area contributed by atoms with Crippen molar-refractivity contribution >= 4 is 27.5 Å². The first-order valence-electron chi connectivity index (χ1n) is 7.01. The fourth-order valence-corrected chi connectivity index (χ4v) is 3.38. The summed E-state index contributed by atoms with van der Waals surface area (Å²) in [5, 5.41) is 0.704. The SMILES string of the molecule is CC(C)Cc1cccc(C(NN)c2ccc(Cl)cc2Br)c1. The molecule has 0 aliphatic carbocycles. The second-order valence-electron chi connectivity index (χ2n) is 5.61. The third kappa shape index (κ3) is 4.30. The van der Waals surface area contributed by atoms with E-state index in [9.17, 15) is 0 Å². The molecule has 1 unspecified atom stereocenters. The van der Waals surface area contributed by atoms with Crippen LogP contribution in [0.1, 0.15) is 36.6 Å². The zero-order valence-corrected chi connectivity index (χ0v) is 14.6. The van der Waals surface area contributed by atoms with Crippen LogP contribution in [-0.4, -0.2) is 0 Å². The van der Waals surface area contributed by atoms with Crippen molar-refractivity contribution in [3.05, 3.63) is 68.7 Å². The zero-order valence-electron chi connectivity index (χ0n) is 12.2. The molecule has 0 heterocycles. The van der Waals surface area contributed by atoms with Gasteiger partial charge in [0.25, 0.3) is 0 Å². The van der Waals surface area contributed by atoms with Crippen molar-refractivity contribution in [2.75, 3.05) is 0 Å². The molecule has 3 N–H and O–H groups in total. The normalized spacial score (nSPS) is 12.7. The largest absolute Gasteiger partial charge is 0.271 e. The van der Waals surface area contributed by atoms with Gasteiger partial charge >= 0.3 is 0 Å². The molecule has 0 saturated carbocycles. The molecule has 0 saturated heterocycles. The standard InChI is InChI=1S/C17H20BrClN2/c1-11(2)8-12-4-3-5-13(9-12)17(21-20)15-7-6-14(19)10-16(15)18/h3-7,9-11,17,21H,8,20H2,1-2H3. The van der Waals surface area contributed by atoms with Crippen molar-refractivity contribution in [1.82, 2.24) is 5.43 Å². The van der Waals surface area contributed by atoms with Crippen LogP contribution in [0.15, 0.2) is 46.9 Å². The minimum Gasteiger partial charge on any atom is -0.271 e. The molecule has 0 bridgehead atoms. The molecule has 2 nitrogen and oxygen atoms in total. The fourth-order valence-electron chi connectivity index (χ4n) is 2.47. The molecule has 0 amide bonds. The van der Waals surface area contributed by atoms with Crippen LogP contribution in [0, 0.1) is 5.92 Å². The van der Waals surface area contributed by atoms with E-state index in [1.165, 1.54) is 5.56 Å². The first-order chi connectivity index (χ1) is 10.0. The first kappa shape index (κ1) is 16.5. The smallest absolute Gasteiger partial charge is 0.0721 e. The summed E-state index contributed by atoms with van der Waals surface area (Å²) in [5.41, 5.74) is 6.45. The van der Waals surface area contributed by atoms with E-state index < -0.39 is 0 Å². The summed E-state index contributed by atoms with van der Waals surface area (Å²) in [6, 6.07) is 14.2. The van der Waals surface area contributed by atoms with Crippen LogP contribution in [-0.2, 0) is 6.42 Å². The summed E-state index contributed by atoms with van der Waals surface area (Å²) < 4.78 is 0.951. The third-order valence-electron chi connectivity index (χ3n) is 3.37. The lowest BCUT2D eigenvalue weighted by Crippen LogP contribution is -2.29. The number of hydrazine groups is 1. The van der Waals surface area contributed by atoms with Crippen molar-refractivity contribution in [1.29, 1.82) is 0 Å². The number of rotatable bonds is 5. The van der Waals surface area contributed by atoms with Crippen LogP contribution in [0.3, 0.4) is 0 Å². The third-order valence-corrected chi connectivity index (χ3v) is 4.29. The van der Waals surface area contributed by atoms with Gasteiger partial charge in [-0.05, 0) is 41.2 Å². The minimum atomic E-state index is -0.0660. The van der Waals surface area contributed by atoms with Gasteiger partial charge in [-0.15, -0.1) is 0 Å². The Morgan fingerprint density at radius 1 is 1.19 bits per heavy atom. The van der Waals surface area contributed by atoms with Gasteiger partial charge in [-0.2, -0.15) is 0 Å². The van der Waals surface area contributed by atoms with Crippen molar-refractivity contribution in [3.63, 3.8) is 0 Å². The zero-order chi connectivity index (χ0) is 15.4. The van der Waals surface area contributed by atoms with Crippen molar-refractivity contribution < 1.29 is 0 Å². The summed E-state index contributed by atoms with van der Waals surface area (Å²) >= 11 is 9.58. The van der Waals surface area contributed by atoms with E-state index in [0.717, 1.165) is 22.0 Å². The summed E-state index contributed by atoms with van der Waals surface area (Å²) in [5.74, 6) is 6.42. The van der Waals surface area contributed by atoms with E-state index in [0.29, 0.717) is 10.9 Å². The van der Waals surface area contributed by atoms with E-state index >= 15 is 0 Å². The van der Waals surface area contributed by atoms with E-state index in [4.69, 9.17) is 17.4 Å². The van der Waals surface area contributed by atoms with Crippen molar-refractivity contribution in [2.45, 2.75) is 26.3 Å². The maximum absolute atomic E-state index is 6.01. The number of nitrogens with one attached hydrogen (secondary N) is 1. The van der Waals surface area contributed by atoms with Crippen LogP contribution in [0.4, 0.5) is 0 Å². The monoisotopic (exact) mass is 366 g/mol. The topological polar surface area (TPSA) is 38.0 Å². The van der Waals surface area contributed by atoms with Crippen LogP contribution in [0.2, 0.25) is 5.02 Å². The number of hydrogen-bond donors (Lipinski definition) is 2. The Kier molecular flexibility index (Phi) is 5.82. The average Bonchev–Trinajstić information content (AvgIpc) is 2.41. The second-order valence-corrected chi connectivity index (χ2v) is 6.90. The maximum Gasteiger partial charge on any atom is 0.0721 e. The lowest BCUT2D eigenvalue weighted by atomic mass is 9.95. The van der Waals surface area contributed by atoms with E-state index in [-0.39, 0.29) is 6.04 Å². The second kappa shape index (κ2) is 7.41. The number of benzene rings is 2. The quantitative estimate of drug-likeness (QED) is 0.585. The molecule has 0 aromatic heterocycles. The maximum atomic E-state index is 6.01. The Morgan fingerprint density at radius 2 is 1.95 bits per heavy atom. The highest BCUT2D eigenvalue weighted by molar-refractivity contribution is 9.10. The van der Waals surface area contributed by atoms with Gasteiger partial charge in [0.05, 0.1) is 6.04 Å². The van der Waals surface area contributed by atoms with Gasteiger partial charge in [0, 0.05) is 9.50 Å². The molecule has 0 fully saturated rings. The van der Waals surface area contributed by atoms with Gasteiger partial charge in [0.2, 0.25) is 0 Å². The highest BCUT2D eigenvalue weighted by Gasteiger charge is 2.16. The minimum absolute atomic E-state index is 0.0660. The van der Waals surface area contributed by atoms with Gasteiger partial charge in [0.15, 0.2) is 0 Å². The van der Waals surface area contributed by atoms with E-state index in [2.05, 4.69) is 59.5 Å². The summed E-state index contributed by atoms with van der Waals surface area (Å²) in [4.78, 5) is 0. The lowest BCUT2D eigenvalue weighted by molar-refractivity contribution is 0.626. The van der Waals surface area contributed by atoms with Gasteiger partial charge in [-0.25, -0.2) is 5.43 Å². The van der Waals surface area contributed by atoms with Crippen molar-refractivity contribution in [3.8, 4) is 0 Å². The molecule has 21 heavy (non-hydrogen) atoms. The molecule has 0 spiro atoms. The van der Waals surface area contributed by atoms with Crippen LogP contribution < -0.4 is 11.3 Å². The lowest BCUT2D eigenvalue weighted by Gasteiger charge is -2.19. The predicted molar refractivity (Wildman–Crippen MR) is 93.3 cm³/mol. The van der Waals surface area contributed by atoms with Crippen LogP contribution >= 0.6 is 27.5 Å². The van der Waals surface area contributed by atoms with E-state index in [1.54, 1.807) is 0 Å². The fraction of sp³-hybridized carbons (Fsp3) is 0.294. The summed E-state index contributed by atoms with van der Waals surface area (Å²) in [6.45, 7) is 4.45. The Labute approximate surface area is 139 Å². The number of hydrogen-bond acceptors (Lipinski definition) is 2. The number of halogens is 2. The van der Waals surface area contributed by atoms with E-state index in [1.807, 2.05) is 18.2 Å². The molecular weight excluding hydrogens is 348 g/mol. The molecule has 0 aliphatic heterocycles. The van der Waals surface area contributed by atoms with Gasteiger partial charge < -0.3 is 0 Å². The van der Waals surface area contributed by atoms with Crippen molar-refractivity contribution in [2.24, 2.45) is 11.8 Å². The Morgan fingerprint density at radius 3 is 2.57 bits per heavy atom. The number of nitrogens with two attached hydrogens (primary N) is 1. The molecule has 2 rings (SSSR count). The molecule has 0 aliphatic rings. The van der Waals surface area contributed by atoms with Crippen LogP contribution in [0.5, 0.6) is 0 Å². The Bertz CT molecular complexity index is 613. The molecule has 2 aromatic carbocycles. The molecule has 112 valence electrons. The Balaban J connectivity index is 2.37.